The molecule has 1 aromatic carbocycles. The molecule has 2 aliphatic rings. The third kappa shape index (κ3) is 4.27. The first kappa shape index (κ1) is 20.4. The van der Waals surface area contributed by atoms with Gasteiger partial charge in [-0.3, -0.25) is 5.43 Å². The summed E-state index contributed by atoms with van der Waals surface area (Å²) in [5.74, 6) is 1.57. The summed E-state index contributed by atoms with van der Waals surface area (Å²) in [6, 6.07) is 13.0. The van der Waals surface area contributed by atoms with E-state index < -0.39 is 5.82 Å². The molecule has 5 rings (SSSR count). The van der Waals surface area contributed by atoms with E-state index in [1.807, 2.05) is 30.3 Å². The zero-order chi connectivity index (χ0) is 21.9. The van der Waals surface area contributed by atoms with Gasteiger partial charge in [0.05, 0.1) is 6.54 Å². The molecule has 0 radical (unpaired) electrons. The number of hydrogen-bond donors (Lipinski definition) is 4. The molecule has 32 heavy (non-hydrogen) atoms. The Morgan fingerprint density at radius 3 is 2.81 bits per heavy atom. The van der Waals surface area contributed by atoms with Gasteiger partial charge in [0, 0.05) is 31.2 Å². The van der Waals surface area contributed by atoms with Crippen LogP contribution < -0.4 is 26.1 Å². The summed E-state index contributed by atoms with van der Waals surface area (Å²) in [7, 11) is 0. The van der Waals surface area contributed by atoms with E-state index in [9.17, 15) is 0 Å². The Bertz CT molecular complexity index is 1100. The van der Waals surface area contributed by atoms with Gasteiger partial charge < -0.3 is 20.7 Å². The van der Waals surface area contributed by atoms with Crippen molar-refractivity contribution in [3.63, 3.8) is 0 Å². The number of hydrazine groups is 1. The highest BCUT2D eigenvalue weighted by atomic mass is 19.1. The maximum atomic E-state index is 15.5. The lowest BCUT2D eigenvalue weighted by atomic mass is 10.1. The van der Waals surface area contributed by atoms with Gasteiger partial charge in [0.1, 0.15) is 18.1 Å². The van der Waals surface area contributed by atoms with Crippen LogP contribution in [0.1, 0.15) is 6.92 Å². The maximum absolute atomic E-state index is 15.5. The first-order valence-electron chi connectivity index (χ1n) is 10.7. The van der Waals surface area contributed by atoms with Crippen LogP contribution in [-0.4, -0.2) is 58.8 Å². The number of anilines is 4. The van der Waals surface area contributed by atoms with Crippen molar-refractivity contribution >= 4 is 23.4 Å². The number of piperazine rings is 1. The summed E-state index contributed by atoms with van der Waals surface area (Å²) in [5, 5.41) is 11.6. The second kappa shape index (κ2) is 8.93. The van der Waals surface area contributed by atoms with Gasteiger partial charge in [-0.1, -0.05) is 30.3 Å². The van der Waals surface area contributed by atoms with E-state index in [2.05, 4.69) is 48.3 Å². The first-order valence-corrected chi connectivity index (χ1v) is 10.7. The summed E-state index contributed by atoms with van der Waals surface area (Å²) in [4.78, 5) is 13.4. The van der Waals surface area contributed by atoms with Gasteiger partial charge in [0.15, 0.2) is 23.2 Å². The van der Waals surface area contributed by atoms with Crippen molar-refractivity contribution in [2.75, 3.05) is 48.8 Å². The van der Waals surface area contributed by atoms with Gasteiger partial charge in [-0.05, 0) is 19.1 Å². The molecule has 2 aromatic heterocycles. The fourth-order valence-corrected chi connectivity index (χ4v) is 3.71. The Kier molecular flexibility index (Phi) is 5.70. The van der Waals surface area contributed by atoms with E-state index in [4.69, 9.17) is 4.74 Å². The second-order valence-electron chi connectivity index (χ2n) is 7.73. The predicted molar refractivity (Wildman–Crippen MR) is 122 cm³/mol. The van der Waals surface area contributed by atoms with Crippen molar-refractivity contribution in [3.8, 4) is 17.0 Å². The molecule has 2 aliphatic heterocycles. The van der Waals surface area contributed by atoms with Gasteiger partial charge in [0.2, 0.25) is 5.95 Å². The van der Waals surface area contributed by atoms with E-state index in [0.29, 0.717) is 42.0 Å². The third-order valence-corrected chi connectivity index (χ3v) is 5.40. The molecule has 4 N–H and O–H groups in total. The van der Waals surface area contributed by atoms with Gasteiger partial charge in [-0.25, -0.2) is 19.4 Å². The number of hydrogen-bond acceptors (Lipinski definition) is 9. The zero-order valence-electron chi connectivity index (χ0n) is 17.7. The Morgan fingerprint density at radius 2 is 1.97 bits per heavy atom. The van der Waals surface area contributed by atoms with Crippen LogP contribution in [0.4, 0.5) is 27.8 Å². The monoisotopic (exact) mass is 436 g/mol. The smallest absolute Gasteiger partial charge is 0.240 e. The van der Waals surface area contributed by atoms with Crippen LogP contribution >= 0.6 is 0 Å². The number of fused-ring (bicyclic) bond motifs is 1. The highest BCUT2D eigenvalue weighted by molar-refractivity contribution is 5.68. The van der Waals surface area contributed by atoms with Gasteiger partial charge in [-0.15, -0.1) is 0 Å². The lowest BCUT2D eigenvalue weighted by Crippen LogP contribution is -2.52. The molecular weight excluding hydrogens is 411 g/mol. The Morgan fingerprint density at radius 1 is 1.09 bits per heavy atom. The summed E-state index contributed by atoms with van der Waals surface area (Å²) in [5.41, 5.74) is 4.14. The lowest BCUT2D eigenvalue weighted by Gasteiger charge is -2.33. The number of aromatic nitrogens is 3. The molecular formula is C22H25FN8O. The minimum Gasteiger partial charge on any atom is -0.488 e. The molecule has 0 spiro atoms. The lowest BCUT2D eigenvalue weighted by molar-refractivity contribution is 0.210. The molecule has 0 amide bonds. The van der Waals surface area contributed by atoms with Crippen molar-refractivity contribution in [2.24, 2.45) is 0 Å². The van der Waals surface area contributed by atoms with Crippen molar-refractivity contribution in [3.05, 3.63) is 48.3 Å². The number of nitrogens with zero attached hydrogens (tertiary/aromatic N) is 4. The number of pyridine rings is 1. The molecule has 0 aliphatic carbocycles. The Balaban J connectivity index is 1.50. The molecule has 0 bridgehead atoms. The summed E-state index contributed by atoms with van der Waals surface area (Å²) >= 11 is 0. The molecule has 9 nitrogen and oxygen atoms in total. The van der Waals surface area contributed by atoms with Crippen LogP contribution in [0.2, 0.25) is 0 Å². The highest BCUT2D eigenvalue weighted by Gasteiger charge is 2.22. The van der Waals surface area contributed by atoms with Crippen LogP contribution in [0.5, 0.6) is 5.75 Å². The van der Waals surface area contributed by atoms with E-state index in [1.165, 1.54) is 0 Å². The predicted octanol–water partition coefficient (Wildman–Crippen LogP) is 2.85. The molecule has 10 heteroatoms. The third-order valence-electron chi connectivity index (χ3n) is 5.40. The normalized spacial score (nSPS) is 18.2. The Labute approximate surface area is 185 Å². The number of halogens is 1. The fourth-order valence-electron chi connectivity index (χ4n) is 3.71. The zero-order valence-corrected chi connectivity index (χ0v) is 17.7. The second-order valence-corrected chi connectivity index (χ2v) is 7.73. The van der Waals surface area contributed by atoms with Crippen LogP contribution in [-0.2, 0) is 0 Å². The maximum Gasteiger partial charge on any atom is 0.240 e. The standard InChI is InChI=1S/C22H25FN8O/c1-14-13-24-9-11-31(14)30-22-28-19(15-5-3-2-4-6-15)18(23)21(29-22)27-17-8-7-16-20(26-17)25-10-12-32-16/h2-8,14,24H,9-13H2,1H3,(H3,25,26,27,28,29,30). The number of ether oxygens (including phenoxy) is 1. The van der Waals surface area contributed by atoms with Gasteiger partial charge in [0.25, 0.3) is 0 Å². The van der Waals surface area contributed by atoms with Gasteiger partial charge >= 0.3 is 0 Å². The molecule has 4 heterocycles. The number of benzene rings is 1. The highest BCUT2D eigenvalue weighted by Crippen LogP contribution is 2.31. The molecule has 3 aromatic rings. The largest absolute Gasteiger partial charge is 0.488 e. The molecule has 1 atom stereocenters. The molecule has 1 saturated heterocycles. The van der Waals surface area contributed by atoms with E-state index >= 15 is 4.39 Å². The molecule has 0 saturated carbocycles. The fraction of sp³-hybridized carbons (Fsp3) is 0.318. The van der Waals surface area contributed by atoms with Crippen molar-refractivity contribution in [1.82, 2.24) is 25.3 Å². The summed E-state index contributed by atoms with van der Waals surface area (Å²) in [6.07, 6.45) is 0. The van der Waals surface area contributed by atoms with Gasteiger partial charge in [-0.2, -0.15) is 4.98 Å². The summed E-state index contributed by atoms with van der Waals surface area (Å²) in [6.45, 7) is 5.83. The van der Waals surface area contributed by atoms with Crippen molar-refractivity contribution in [2.45, 2.75) is 13.0 Å². The van der Waals surface area contributed by atoms with E-state index in [-0.39, 0.29) is 17.6 Å². The van der Waals surface area contributed by atoms with Crippen molar-refractivity contribution in [1.29, 1.82) is 0 Å². The Hall–Kier alpha value is -3.50. The molecule has 166 valence electrons. The first-order chi connectivity index (χ1) is 15.7. The van der Waals surface area contributed by atoms with Crippen LogP contribution in [0.25, 0.3) is 11.3 Å². The van der Waals surface area contributed by atoms with Crippen LogP contribution in [0.3, 0.4) is 0 Å². The number of rotatable bonds is 5. The molecule has 1 fully saturated rings. The average Bonchev–Trinajstić information content (AvgIpc) is 2.83. The quantitative estimate of drug-likeness (QED) is 0.481. The number of nitrogens with one attached hydrogen (secondary N) is 4. The average molecular weight is 436 g/mol. The van der Waals surface area contributed by atoms with E-state index in [0.717, 1.165) is 19.6 Å². The summed E-state index contributed by atoms with van der Waals surface area (Å²) < 4.78 is 21.1. The topological polar surface area (TPSA) is 99.3 Å². The SMILES string of the molecule is CC1CNCCN1Nc1nc(Nc2ccc3c(n2)NCCO3)c(F)c(-c2ccccc2)n1. The van der Waals surface area contributed by atoms with Crippen LogP contribution in [0, 0.1) is 5.82 Å². The van der Waals surface area contributed by atoms with Crippen LogP contribution in [0.15, 0.2) is 42.5 Å². The van der Waals surface area contributed by atoms with E-state index in [1.54, 1.807) is 12.1 Å². The minimum absolute atomic E-state index is 0.0494. The molecule has 1 unspecified atom stereocenters. The van der Waals surface area contributed by atoms with Crippen molar-refractivity contribution < 1.29 is 9.13 Å². The minimum atomic E-state index is -0.543.